The van der Waals surface area contributed by atoms with Crippen LogP contribution in [0.3, 0.4) is 0 Å². The molecule has 0 aromatic heterocycles. The molecule has 0 heteroatoms. The summed E-state index contributed by atoms with van der Waals surface area (Å²) in [6.07, 6.45) is 0. The molecule has 0 bridgehead atoms. The maximum atomic E-state index is 2.45. The molecule has 3 aliphatic rings. The van der Waals surface area contributed by atoms with Gasteiger partial charge >= 0.3 is 0 Å². The Morgan fingerprint density at radius 1 is 0.205 bits per heavy atom. The van der Waals surface area contributed by atoms with Crippen LogP contribution in [-0.2, 0) is 5.41 Å². The quantitative estimate of drug-likeness (QED) is 0.151. The molecule has 0 radical (unpaired) electrons. The van der Waals surface area contributed by atoms with Crippen molar-refractivity contribution in [2.45, 2.75) is 19.3 Å². The lowest BCUT2D eigenvalue weighted by molar-refractivity contribution is 0.660. The summed E-state index contributed by atoms with van der Waals surface area (Å²) in [4.78, 5) is 0. The van der Waals surface area contributed by atoms with E-state index >= 15 is 0 Å². The molecule has 0 nitrogen and oxygen atoms in total. The zero-order chi connectivity index (χ0) is 48.1. The third-order valence-electron chi connectivity index (χ3n) is 16.9. The molecule has 73 heavy (non-hydrogen) atoms. The molecule has 13 aromatic carbocycles. The second kappa shape index (κ2) is 15.0. The van der Waals surface area contributed by atoms with Gasteiger partial charge in [-0.15, -0.1) is 0 Å². The van der Waals surface area contributed by atoms with Crippen LogP contribution in [0.25, 0.3) is 154 Å². The summed E-state index contributed by atoms with van der Waals surface area (Å²) in [6.45, 7) is 4.74. The van der Waals surface area contributed by atoms with Gasteiger partial charge in [-0.2, -0.15) is 0 Å². The monoisotopic (exact) mass is 922 g/mol. The first-order valence-electron chi connectivity index (χ1n) is 25.7. The minimum Gasteiger partial charge on any atom is -0.0622 e. The number of fused-ring (bicyclic) bond motifs is 12. The summed E-state index contributed by atoms with van der Waals surface area (Å²) < 4.78 is 0. The minimum absolute atomic E-state index is 0.0492. The van der Waals surface area contributed by atoms with E-state index in [2.05, 4.69) is 257 Å². The highest BCUT2D eigenvalue weighted by Crippen LogP contribution is 2.59. The van der Waals surface area contributed by atoms with Crippen molar-refractivity contribution in [2.24, 2.45) is 0 Å². The molecule has 3 aliphatic carbocycles. The van der Waals surface area contributed by atoms with Crippen molar-refractivity contribution in [1.29, 1.82) is 0 Å². The van der Waals surface area contributed by atoms with Gasteiger partial charge in [-0.25, -0.2) is 0 Å². The highest BCUT2D eigenvalue weighted by Gasteiger charge is 2.36. The average Bonchev–Trinajstić information content (AvgIpc) is 4.05. The van der Waals surface area contributed by atoms with Crippen LogP contribution in [0.15, 0.2) is 243 Å². The molecule has 0 atom stereocenters. The fourth-order valence-corrected chi connectivity index (χ4v) is 13.8. The minimum atomic E-state index is -0.0492. The van der Waals surface area contributed by atoms with Crippen molar-refractivity contribution in [3.63, 3.8) is 0 Å². The van der Waals surface area contributed by atoms with Crippen LogP contribution in [0.1, 0.15) is 25.0 Å². The second-order valence-corrected chi connectivity index (χ2v) is 21.0. The third kappa shape index (κ3) is 5.56. The highest BCUT2D eigenvalue weighted by molar-refractivity contribution is 6.31. The Bertz CT molecular complexity index is 4440. The van der Waals surface area contributed by atoms with E-state index in [-0.39, 0.29) is 5.41 Å². The van der Waals surface area contributed by atoms with E-state index in [1.807, 2.05) is 0 Å². The summed E-state index contributed by atoms with van der Waals surface area (Å²) in [5, 5.41) is 10.4. The first kappa shape index (κ1) is 40.6. The summed E-state index contributed by atoms with van der Waals surface area (Å²) in [6, 6.07) is 91.5. The molecule has 0 fully saturated rings. The summed E-state index contributed by atoms with van der Waals surface area (Å²) >= 11 is 0. The van der Waals surface area contributed by atoms with E-state index in [4.69, 9.17) is 0 Å². The van der Waals surface area contributed by atoms with E-state index < -0.39 is 0 Å². The lowest BCUT2D eigenvalue weighted by atomic mass is 9.81. The normalized spacial score (nSPS) is 13.2. The molecule has 0 amide bonds. The van der Waals surface area contributed by atoms with Gasteiger partial charge in [0.2, 0.25) is 0 Å². The van der Waals surface area contributed by atoms with Gasteiger partial charge in [0.05, 0.1) is 0 Å². The van der Waals surface area contributed by atoms with Crippen LogP contribution in [0.4, 0.5) is 0 Å². The average molecular weight is 923 g/mol. The zero-order valence-electron chi connectivity index (χ0n) is 40.6. The molecule has 0 N–H and O–H groups in total. The fourth-order valence-electron chi connectivity index (χ4n) is 13.8. The van der Waals surface area contributed by atoms with Crippen LogP contribution in [0.2, 0.25) is 0 Å². The van der Waals surface area contributed by atoms with E-state index in [1.54, 1.807) is 0 Å². The van der Waals surface area contributed by atoms with Crippen LogP contribution < -0.4 is 0 Å². The standard InChI is InChI=1S/C73H46/c1-73(2)63-30-14-13-21-50(63)51-37-35-48(42-64(51)73)47-36-38-58-62(41-47)57-27-16-28-59-65(53-22-9-12-25-56(53)69(58)70(57)59)46-33-31-43(32-34-46)49-39-40-61-68-52(49)26-15-29-60(68)71-66(44-17-5-3-6-18-44)54-23-10-11-24-55(54)67(72(61)71)45-19-7-4-8-20-45/h3-42H,1-2H3. The maximum Gasteiger partial charge on any atom is 0.0159 e. The first-order chi connectivity index (χ1) is 36.0. The molecular weight excluding hydrogens is 877 g/mol. The van der Waals surface area contributed by atoms with Crippen LogP contribution in [0, 0.1) is 0 Å². The lowest BCUT2D eigenvalue weighted by Gasteiger charge is -2.22. The Morgan fingerprint density at radius 2 is 0.644 bits per heavy atom. The molecule has 0 saturated carbocycles. The smallest absolute Gasteiger partial charge is 0.0159 e. The van der Waals surface area contributed by atoms with Gasteiger partial charge in [0, 0.05) is 5.41 Å². The molecular formula is C73H46. The number of rotatable bonds is 5. The van der Waals surface area contributed by atoms with Crippen molar-refractivity contribution >= 4 is 43.1 Å². The zero-order valence-corrected chi connectivity index (χ0v) is 40.6. The molecule has 16 rings (SSSR count). The fraction of sp³-hybridized carbons (Fsp3) is 0.0411. The van der Waals surface area contributed by atoms with Gasteiger partial charge in [-0.1, -0.05) is 244 Å². The molecule has 13 aromatic rings. The Balaban J connectivity index is 0.834. The Morgan fingerprint density at radius 3 is 1.33 bits per heavy atom. The number of hydrogen-bond acceptors (Lipinski definition) is 0. The second-order valence-electron chi connectivity index (χ2n) is 21.0. The van der Waals surface area contributed by atoms with E-state index in [0.717, 1.165) is 0 Å². The lowest BCUT2D eigenvalue weighted by Crippen LogP contribution is -2.14. The predicted molar refractivity (Wildman–Crippen MR) is 310 cm³/mol. The Kier molecular flexibility index (Phi) is 8.33. The van der Waals surface area contributed by atoms with Crippen molar-refractivity contribution < 1.29 is 0 Å². The van der Waals surface area contributed by atoms with E-state index in [1.165, 1.54) is 165 Å². The van der Waals surface area contributed by atoms with Gasteiger partial charge in [0.15, 0.2) is 0 Å². The Labute approximate surface area is 425 Å². The van der Waals surface area contributed by atoms with Gasteiger partial charge in [0.25, 0.3) is 0 Å². The molecule has 0 heterocycles. The largest absolute Gasteiger partial charge is 0.0622 e. The first-order valence-corrected chi connectivity index (χ1v) is 25.7. The van der Waals surface area contributed by atoms with Gasteiger partial charge in [0.1, 0.15) is 0 Å². The summed E-state index contributed by atoms with van der Waals surface area (Å²) in [7, 11) is 0. The molecule has 0 aliphatic heterocycles. The van der Waals surface area contributed by atoms with Crippen molar-refractivity contribution in [3.05, 3.63) is 254 Å². The molecule has 338 valence electrons. The molecule has 0 spiro atoms. The highest BCUT2D eigenvalue weighted by atomic mass is 14.4. The summed E-state index contributed by atoms with van der Waals surface area (Å²) in [5.41, 5.74) is 28.6. The topological polar surface area (TPSA) is 0 Å². The Hall–Kier alpha value is -9.10. The van der Waals surface area contributed by atoms with Crippen LogP contribution in [0.5, 0.6) is 0 Å². The van der Waals surface area contributed by atoms with Gasteiger partial charge < -0.3 is 0 Å². The number of benzene rings is 13. The van der Waals surface area contributed by atoms with E-state index in [0.29, 0.717) is 0 Å². The summed E-state index contributed by atoms with van der Waals surface area (Å²) in [5.74, 6) is 0. The van der Waals surface area contributed by atoms with Crippen LogP contribution >= 0.6 is 0 Å². The third-order valence-corrected chi connectivity index (χ3v) is 16.9. The predicted octanol–water partition coefficient (Wildman–Crippen LogP) is 20.2. The van der Waals surface area contributed by atoms with Gasteiger partial charge in [-0.05, 0) is 178 Å². The number of hydrogen-bond donors (Lipinski definition) is 0. The van der Waals surface area contributed by atoms with Crippen LogP contribution in [-0.4, -0.2) is 0 Å². The van der Waals surface area contributed by atoms with Crippen molar-refractivity contribution in [1.82, 2.24) is 0 Å². The molecule has 0 unspecified atom stereocenters. The van der Waals surface area contributed by atoms with Crippen molar-refractivity contribution in [2.75, 3.05) is 0 Å². The van der Waals surface area contributed by atoms with Crippen molar-refractivity contribution in [3.8, 4) is 111 Å². The van der Waals surface area contributed by atoms with Gasteiger partial charge in [-0.3, -0.25) is 0 Å². The van der Waals surface area contributed by atoms with E-state index in [9.17, 15) is 0 Å². The molecule has 0 saturated heterocycles. The SMILES string of the molecule is CC1(C)c2ccccc2-c2ccc(-c3ccc4c(c3)-c3cccc5c(-c6ccc(-c7ccc8c9c(cccc79)-c7c-8c(-c8ccccc8)c8ccccc8c7-c7ccccc7)cc6)c6ccccc6c-4c35)cc21. The maximum absolute atomic E-state index is 2.45.